The van der Waals surface area contributed by atoms with Gasteiger partial charge in [-0.1, -0.05) is 44.2 Å². The number of nitrogens with zero attached hydrogens (tertiary/aromatic N) is 2. The third-order valence-electron chi connectivity index (χ3n) is 3.86. The standard InChI is InChI=1S/C19H26N4O2S/c1-13(2)18(26-12-16-8-6-5-7-9-16)19(25)21-20-17(24)11-23-15(4)10-14(3)22-23/h5-10,13,18H,11-12H2,1-4H3,(H,20,24)(H,21,25)/t18-/m1/s1. The summed E-state index contributed by atoms with van der Waals surface area (Å²) in [6.45, 7) is 7.84. The monoisotopic (exact) mass is 374 g/mol. The molecule has 2 rings (SSSR count). The van der Waals surface area contributed by atoms with Crippen molar-refractivity contribution >= 4 is 23.6 Å². The van der Waals surface area contributed by atoms with E-state index in [4.69, 9.17) is 0 Å². The topological polar surface area (TPSA) is 76.0 Å². The van der Waals surface area contributed by atoms with Gasteiger partial charge in [-0.2, -0.15) is 5.10 Å². The van der Waals surface area contributed by atoms with Crippen molar-refractivity contribution in [1.29, 1.82) is 0 Å². The summed E-state index contributed by atoms with van der Waals surface area (Å²) < 4.78 is 1.61. The molecule has 2 aromatic rings. The third kappa shape index (κ3) is 5.91. The SMILES string of the molecule is Cc1cc(C)n(CC(=O)NNC(=O)[C@H](SCc2ccccc2)C(C)C)n1. The van der Waals surface area contributed by atoms with E-state index in [2.05, 4.69) is 16.0 Å². The zero-order valence-electron chi connectivity index (χ0n) is 15.7. The molecule has 0 fully saturated rings. The summed E-state index contributed by atoms with van der Waals surface area (Å²) in [6.07, 6.45) is 0. The lowest BCUT2D eigenvalue weighted by molar-refractivity contribution is -0.129. The van der Waals surface area contributed by atoms with Crippen LogP contribution in [-0.4, -0.2) is 26.8 Å². The molecule has 1 atom stereocenters. The summed E-state index contributed by atoms with van der Waals surface area (Å²) in [5.41, 5.74) is 7.97. The van der Waals surface area contributed by atoms with Gasteiger partial charge in [-0.15, -0.1) is 11.8 Å². The Morgan fingerprint density at radius 3 is 2.42 bits per heavy atom. The predicted molar refractivity (Wildman–Crippen MR) is 104 cm³/mol. The lowest BCUT2D eigenvalue weighted by atomic mass is 10.1. The van der Waals surface area contributed by atoms with Crippen LogP contribution in [0.5, 0.6) is 0 Å². The minimum Gasteiger partial charge on any atom is -0.272 e. The molecule has 0 aliphatic carbocycles. The number of amides is 2. The normalized spacial score (nSPS) is 12.0. The molecule has 7 heteroatoms. The van der Waals surface area contributed by atoms with Crippen LogP contribution in [0.4, 0.5) is 0 Å². The molecule has 0 saturated heterocycles. The number of aryl methyl sites for hydroxylation is 2. The van der Waals surface area contributed by atoms with Gasteiger partial charge >= 0.3 is 0 Å². The van der Waals surface area contributed by atoms with Crippen molar-refractivity contribution in [1.82, 2.24) is 20.6 Å². The largest absolute Gasteiger partial charge is 0.272 e. The van der Waals surface area contributed by atoms with E-state index in [9.17, 15) is 9.59 Å². The van der Waals surface area contributed by atoms with Crippen molar-refractivity contribution < 1.29 is 9.59 Å². The summed E-state index contributed by atoms with van der Waals surface area (Å²) in [7, 11) is 0. The first-order valence-corrected chi connectivity index (χ1v) is 9.67. The maximum absolute atomic E-state index is 12.5. The zero-order chi connectivity index (χ0) is 19.1. The Labute approximate surface area is 158 Å². The summed E-state index contributed by atoms with van der Waals surface area (Å²) in [6, 6.07) is 11.9. The Morgan fingerprint density at radius 1 is 1.15 bits per heavy atom. The fourth-order valence-corrected chi connectivity index (χ4v) is 3.70. The Morgan fingerprint density at radius 2 is 1.85 bits per heavy atom. The quantitative estimate of drug-likeness (QED) is 0.731. The molecule has 2 amide bonds. The van der Waals surface area contributed by atoms with E-state index < -0.39 is 0 Å². The Bertz CT molecular complexity index is 743. The van der Waals surface area contributed by atoms with Crippen LogP contribution in [0, 0.1) is 19.8 Å². The fraction of sp³-hybridized carbons (Fsp3) is 0.421. The van der Waals surface area contributed by atoms with Gasteiger partial charge in [0.05, 0.1) is 10.9 Å². The third-order valence-corrected chi connectivity index (χ3v) is 5.48. The van der Waals surface area contributed by atoms with Crippen LogP contribution in [0.15, 0.2) is 36.4 Å². The Balaban J connectivity index is 1.84. The predicted octanol–water partition coefficient (Wildman–Crippen LogP) is 2.61. The lowest BCUT2D eigenvalue weighted by Crippen LogP contribution is -2.48. The molecule has 140 valence electrons. The van der Waals surface area contributed by atoms with Crippen LogP contribution in [-0.2, 0) is 21.9 Å². The molecular weight excluding hydrogens is 348 g/mol. The van der Waals surface area contributed by atoms with E-state index in [-0.39, 0.29) is 29.5 Å². The van der Waals surface area contributed by atoms with Gasteiger partial charge in [-0.3, -0.25) is 25.1 Å². The van der Waals surface area contributed by atoms with Crippen molar-refractivity contribution in [3.63, 3.8) is 0 Å². The smallest absolute Gasteiger partial charge is 0.260 e. The highest BCUT2D eigenvalue weighted by molar-refractivity contribution is 7.99. The van der Waals surface area contributed by atoms with Gasteiger partial charge in [0.15, 0.2) is 0 Å². The highest BCUT2D eigenvalue weighted by Crippen LogP contribution is 2.23. The van der Waals surface area contributed by atoms with E-state index >= 15 is 0 Å². The van der Waals surface area contributed by atoms with Gasteiger partial charge in [-0.05, 0) is 31.4 Å². The fourth-order valence-electron chi connectivity index (χ4n) is 2.54. The van der Waals surface area contributed by atoms with Crippen LogP contribution in [0.1, 0.15) is 30.8 Å². The highest BCUT2D eigenvalue weighted by Gasteiger charge is 2.23. The maximum Gasteiger partial charge on any atom is 0.260 e. The number of hydrazine groups is 1. The molecule has 26 heavy (non-hydrogen) atoms. The zero-order valence-corrected chi connectivity index (χ0v) is 16.5. The van der Waals surface area contributed by atoms with Gasteiger partial charge in [0, 0.05) is 11.4 Å². The van der Waals surface area contributed by atoms with Crippen LogP contribution in [0.3, 0.4) is 0 Å². The molecule has 0 aliphatic heterocycles. The molecule has 0 spiro atoms. The number of thioether (sulfide) groups is 1. The number of rotatable bonds is 7. The molecule has 1 heterocycles. The molecule has 6 nitrogen and oxygen atoms in total. The molecule has 1 aromatic heterocycles. The second-order valence-corrected chi connectivity index (χ2v) is 7.71. The molecule has 0 aliphatic rings. The first kappa shape index (κ1) is 20.0. The molecule has 0 saturated carbocycles. The van der Waals surface area contributed by atoms with Gasteiger partial charge in [0.25, 0.3) is 11.8 Å². The van der Waals surface area contributed by atoms with E-state index in [0.29, 0.717) is 0 Å². The average molecular weight is 375 g/mol. The Hall–Kier alpha value is -2.28. The lowest BCUT2D eigenvalue weighted by Gasteiger charge is -2.20. The highest BCUT2D eigenvalue weighted by atomic mass is 32.2. The van der Waals surface area contributed by atoms with Crippen molar-refractivity contribution in [3.05, 3.63) is 53.3 Å². The van der Waals surface area contributed by atoms with Gasteiger partial charge in [0.2, 0.25) is 0 Å². The van der Waals surface area contributed by atoms with Crippen molar-refractivity contribution in [2.75, 3.05) is 0 Å². The molecule has 2 N–H and O–H groups in total. The number of carbonyl (C=O) groups excluding carboxylic acids is 2. The number of hydrogen-bond acceptors (Lipinski definition) is 4. The van der Waals surface area contributed by atoms with E-state index in [1.54, 1.807) is 16.4 Å². The van der Waals surface area contributed by atoms with Crippen molar-refractivity contribution in [2.24, 2.45) is 5.92 Å². The number of hydrogen-bond donors (Lipinski definition) is 2. The molecule has 0 unspecified atom stereocenters. The summed E-state index contributed by atoms with van der Waals surface area (Å²) in [5.74, 6) is 0.399. The molecular formula is C19H26N4O2S. The summed E-state index contributed by atoms with van der Waals surface area (Å²) in [4.78, 5) is 24.5. The van der Waals surface area contributed by atoms with E-state index in [1.807, 2.05) is 64.1 Å². The van der Waals surface area contributed by atoms with Crippen LogP contribution < -0.4 is 10.9 Å². The first-order valence-electron chi connectivity index (χ1n) is 8.62. The van der Waals surface area contributed by atoms with E-state index in [0.717, 1.165) is 17.1 Å². The summed E-state index contributed by atoms with van der Waals surface area (Å²) >= 11 is 1.57. The number of nitrogens with one attached hydrogen (secondary N) is 2. The molecule has 1 aromatic carbocycles. The molecule has 0 bridgehead atoms. The minimum atomic E-state index is -0.305. The average Bonchev–Trinajstić information content (AvgIpc) is 2.91. The van der Waals surface area contributed by atoms with Gasteiger partial charge < -0.3 is 0 Å². The van der Waals surface area contributed by atoms with Crippen LogP contribution >= 0.6 is 11.8 Å². The number of carbonyl (C=O) groups is 2. The maximum atomic E-state index is 12.5. The van der Waals surface area contributed by atoms with Crippen molar-refractivity contribution in [3.8, 4) is 0 Å². The second-order valence-electron chi connectivity index (χ2n) is 6.58. The Kier molecular flexibility index (Phi) is 7.26. The minimum absolute atomic E-state index is 0.0729. The second kappa shape index (κ2) is 9.43. The summed E-state index contributed by atoms with van der Waals surface area (Å²) in [5, 5.41) is 4.00. The molecule has 0 radical (unpaired) electrons. The van der Waals surface area contributed by atoms with Crippen LogP contribution in [0.25, 0.3) is 0 Å². The van der Waals surface area contributed by atoms with Crippen LogP contribution in [0.2, 0.25) is 0 Å². The van der Waals surface area contributed by atoms with Gasteiger partial charge in [-0.25, -0.2) is 0 Å². The van der Waals surface area contributed by atoms with Crippen molar-refractivity contribution in [2.45, 2.75) is 45.2 Å². The number of benzene rings is 1. The van der Waals surface area contributed by atoms with E-state index in [1.165, 1.54) is 5.56 Å². The first-order chi connectivity index (χ1) is 12.4. The van der Waals surface area contributed by atoms with Gasteiger partial charge in [0.1, 0.15) is 6.54 Å². The number of aromatic nitrogens is 2.